The van der Waals surface area contributed by atoms with E-state index < -0.39 is 10.9 Å². The summed E-state index contributed by atoms with van der Waals surface area (Å²) in [5.74, 6) is -0.606. The Bertz CT molecular complexity index is 636. The number of non-ortho nitro benzene ring substituents is 1. The number of nitro groups is 1. The average molecular weight is 277 g/mol. The van der Waals surface area contributed by atoms with Crippen LogP contribution in [0.4, 0.5) is 5.69 Å². The maximum atomic E-state index is 11.7. The second kappa shape index (κ2) is 5.40. The van der Waals surface area contributed by atoms with Gasteiger partial charge in [-0.15, -0.1) is 11.3 Å². The monoisotopic (exact) mass is 277 g/mol. The van der Waals surface area contributed by atoms with Crippen molar-refractivity contribution in [1.29, 1.82) is 0 Å². The van der Waals surface area contributed by atoms with Gasteiger partial charge in [-0.05, 0) is 17.5 Å². The van der Waals surface area contributed by atoms with Crippen LogP contribution in [0.1, 0.15) is 20.0 Å². The van der Waals surface area contributed by atoms with Gasteiger partial charge in [0.15, 0.2) is 6.29 Å². The number of carbonyl (C=O) groups excluding carboxylic acids is 2. The van der Waals surface area contributed by atoms with E-state index in [4.69, 9.17) is 4.74 Å². The molecule has 0 atom stereocenters. The van der Waals surface area contributed by atoms with Crippen LogP contribution in [-0.2, 0) is 0 Å². The summed E-state index contributed by atoms with van der Waals surface area (Å²) in [6.45, 7) is 0. The molecular weight excluding hydrogens is 270 g/mol. The van der Waals surface area contributed by atoms with Gasteiger partial charge in [-0.3, -0.25) is 14.9 Å². The third kappa shape index (κ3) is 2.83. The Balaban J connectivity index is 2.28. The Kier molecular flexibility index (Phi) is 3.67. The first-order valence-corrected chi connectivity index (χ1v) is 5.99. The van der Waals surface area contributed by atoms with Gasteiger partial charge in [0.25, 0.3) is 5.69 Å². The molecule has 0 bridgehead atoms. The van der Waals surface area contributed by atoms with Crippen molar-refractivity contribution in [2.75, 3.05) is 0 Å². The summed E-state index contributed by atoms with van der Waals surface area (Å²) in [7, 11) is 0. The maximum Gasteiger partial charge on any atom is 0.353 e. The van der Waals surface area contributed by atoms with Crippen LogP contribution in [0, 0.1) is 10.1 Å². The minimum absolute atomic E-state index is 0.000926. The van der Waals surface area contributed by atoms with Crippen LogP contribution in [-0.4, -0.2) is 17.2 Å². The lowest BCUT2D eigenvalue weighted by Gasteiger charge is -2.05. The first kappa shape index (κ1) is 12.9. The molecule has 0 spiro atoms. The van der Waals surface area contributed by atoms with Crippen molar-refractivity contribution >= 4 is 29.3 Å². The van der Waals surface area contributed by atoms with Crippen molar-refractivity contribution in [2.24, 2.45) is 0 Å². The molecule has 1 aromatic carbocycles. The summed E-state index contributed by atoms with van der Waals surface area (Å²) in [4.78, 5) is 32.9. The van der Waals surface area contributed by atoms with E-state index >= 15 is 0 Å². The third-order valence-corrected chi connectivity index (χ3v) is 3.11. The van der Waals surface area contributed by atoms with Crippen LogP contribution in [0.3, 0.4) is 0 Å². The van der Waals surface area contributed by atoms with Crippen molar-refractivity contribution in [3.63, 3.8) is 0 Å². The van der Waals surface area contributed by atoms with Crippen LogP contribution >= 0.6 is 11.3 Å². The van der Waals surface area contributed by atoms with E-state index in [9.17, 15) is 19.7 Å². The number of nitro benzene ring substituents is 1. The summed E-state index contributed by atoms with van der Waals surface area (Å²) in [5, 5.41) is 12.3. The quantitative estimate of drug-likeness (QED) is 0.282. The zero-order valence-electron chi connectivity index (χ0n) is 9.44. The van der Waals surface area contributed by atoms with Crippen molar-refractivity contribution < 1.29 is 19.2 Å². The van der Waals surface area contributed by atoms with E-state index in [-0.39, 0.29) is 17.0 Å². The number of nitrogens with zero attached hydrogens (tertiary/aromatic N) is 1. The Hall–Kier alpha value is -2.54. The maximum absolute atomic E-state index is 11.7. The van der Waals surface area contributed by atoms with Gasteiger partial charge in [-0.25, -0.2) is 4.79 Å². The van der Waals surface area contributed by atoms with Crippen LogP contribution in [0.2, 0.25) is 0 Å². The van der Waals surface area contributed by atoms with E-state index in [0.717, 1.165) is 6.07 Å². The van der Waals surface area contributed by atoms with Gasteiger partial charge in [-0.2, -0.15) is 0 Å². The summed E-state index contributed by atoms with van der Waals surface area (Å²) in [6, 6.07) is 6.73. The normalized spacial score (nSPS) is 9.89. The van der Waals surface area contributed by atoms with Crippen molar-refractivity contribution in [1.82, 2.24) is 0 Å². The number of carbonyl (C=O) groups is 2. The van der Waals surface area contributed by atoms with Gasteiger partial charge in [0, 0.05) is 12.1 Å². The second-order valence-electron chi connectivity index (χ2n) is 3.46. The summed E-state index contributed by atoms with van der Waals surface area (Å²) in [6.07, 6.45) is 0.407. The number of benzene rings is 1. The molecule has 0 aliphatic rings. The van der Waals surface area contributed by atoms with E-state index in [1.54, 1.807) is 17.5 Å². The highest BCUT2D eigenvalue weighted by Gasteiger charge is 2.15. The second-order valence-corrected chi connectivity index (χ2v) is 4.41. The van der Waals surface area contributed by atoms with Crippen LogP contribution in [0.5, 0.6) is 5.75 Å². The summed E-state index contributed by atoms with van der Waals surface area (Å²) < 4.78 is 5.03. The number of rotatable bonds is 4. The molecule has 0 fully saturated rings. The predicted molar refractivity (Wildman–Crippen MR) is 67.8 cm³/mol. The Labute approximate surface area is 111 Å². The molecular formula is C12H7NO5S. The van der Waals surface area contributed by atoms with E-state index in [2.05, 4.69) is 0 Å². The fourth-order valence-electron chi connectivity index (χ4n) is 1.38. The molecule has 1 heterocycles. The van der Waals surface area contributed by atoms with Gasteiger partial charge >= 0.3 is 5.97 Å². The minimum atomic E-state index is -0.627. The highest BCUT2D eigenvalue weighted by atomic mass is 32.1. The highest BCUT2D eigenvalue weighted by Crippen LogP contribution is 2.24. The molecule has 0 aliphatic carbocycles. The van der Waals surface area contributed by atoms with Gasteiger partial charge in [0.05, 0.1) is 10.5 Å². The smallest absolute Gasteiger partial charge is 0.353 e. The van der Waals surface area contributed by atoms with Crippen molar-refractivity contribution in [3.8, 4) is 5.75 Å². The molecule has 0 unspecified atom stereocenters. The molecule has 0 N–H and O–H groups in total. The minimum Gasteiger partial charge on any atom is -0.422 e. The molecule has 2 aromatic rings. The highest BCUT2D eigenvalue weighted by molar-refractivity contribution is 7.12. The molecule has 1 aromatic heterocycles. The molecule has 96 valence electrons. The lowest BCUT2D eigenvalue weighted by molar-refractivity contribution is -0.384. The van der Waals surface area contributed by atoms with Crippen LogP contribution < -0.4 is 4.74 Å². The zero-order valence-corrected chi connectivity index (χ0v) is 10.3. The van der Waals surface area contributed by atoms with Crippen LogP contribution in [0.25, 0.3) is 0 Å². The molecule has 7 heteroatoms. The topological polar surface area (TPSA) is 86.5 Å². The van der Waals surface area contributed by atoms with Crippen molar-refractivity contribution in [2.45, 2.75) is 0 Å². The number of esters is 1. The molecule has 0 radical (unpaired) electrons. The fraction of sp³-hybridized carbons (Fsp3) is 0. The molecule has 0 aliphatic heterocycles. The summed E-state index contributed by atoms with van der Waals surface area (Å²) >= 11 is 1.20. The Morgan fingerprint density at radius 1 is 1.37 bits per heavy atom. The van der Waals surface area contributed by atoms with Gasteiger partial charge < -0.3 is 4.74 Å². The Morgan fingerprint density at radius 2 is 2.16 bits per heavy atom. The molecule has 6 nitrogen and oxygen atoms in total. The number of ether oxygens (including phenoxy) is 1. The molecule has 19 heavy (non-hydrogen) atoms. The molecule has 0 amide bonds. The number of hydrogen-bond acceptors (Lipinski definition) is 6. The van der Waals surface area contributed by atoms with Gasteiger partial charge in [0.2, 0.25) is 0 Å². The SMILES string of the molecule is O=Cc1cc([N+](=O)[O-])ccc1OC(=O)c1cccs1. The predicted octanol–water partition coefficient (Wildman–Crippen LogP) is 2.69. The first-order valence-electron chi connectivity index (χ1n) is 5.11. The van der Waals surface area contributed by atoms with E-state index in [1.807, 2.05) is 0 Å². The number of hydrogen-bond donors (Lipinski definition) is 0. The number of thiophene rings is 1. The van der Waals surface area contributed by atoms with Crippen molar-refractivity contribution in [3.05, 3.63) is 56.3 Å². The number of aldehydes is 1. The van der Waals surface area contributed by atoms with E-state index in [1.165, 1.54) is 23.5 Å². The lowest BCUT2D eigenvalue weighted by Crippen LogP contribution is -2.08. The van der Waals surface area contributed by atoms with Gasteiger partial charge in [0.1, 0.15) is 10.6 Å². The first-order chi connectivity index (χ1) is 9.11. The fourth-order valence-corrected chi connectivity index (χ4v) is 1.98. The lowest BCUT2D eigenvalue weighted by atomic mass is 10.2. The zero-order chi connectivity index (χ0) is 13.8. The standard InChI is InChI=1S/C12H7NO5S/c14-7-8-6-9(13(16)17)3-4-10(8)18-12(15)11-2-1-5-19-11/h1-7H. The van der Waals surface area contributed by atoms with E-state index in [0.29, 0.717) is 11.2 Å². The largest absolute Gasteiger partial charge is 0.422 e. The third-order valence-electron chi connectivity index (χ3n) is 2.26. The molecule has 2 rings (SSSR count). The summed E-state index contributed by atoms with van der Waals surface area (Å²) in [5.41, 5.74) is -0.280. The average Bonchev–Trinajstić information content (AvgIpc) is 2.92. The van der Waals surface area contributed by atoms with Gasteiger partial charge in [-0.1, -0.05) is 6.07 Å². The Morgan fingerprint density at radius 3 is 2.74 bits per heavy atom. The molecule has 0 saturated carbocycles. The molecule has 0 saturated heterocycles. The van der Waals surface area contributed by atoms with Crippen LogP contribution in [0.15, 0.2) is 35.7 Å².